The average molecular weight is 251 g/mol. The molecule has 0 spiro atoms. The highest BCUT2D eigenvalue weighted by molar-refractivity contribution is 5.36. The Morgan fingerprint density at radius 1 is 1.39 bits per heavy atom. The van der Waals surface area contributed by atoms with Crippen molar-refractivity contribution in [3.63, 3.8) is 0 Å². The molecule has 1 heterocycles. The van der Waals surface area contributed by atoms with Crippen LogP contribution in [0.3, 0.4) is 0 Å². The van der Waals surface area contributed by atoms with E-state index in [0.29, 0.717) is 18.4 Å². The van der Waals surface area contributed by atoms with Crippen molar-refractivity contribution in [1.82, 2.24) is 4.90 Å². The van der Waals surface area contributed by atoms with Crippen molar-refractivity contribution in [2.75, 3.05) is 13.6 Å². The van der Waals surface area contributed by atoms with Gasteiger partial charge in [0.05, 0.1) is 5.60 Å². The molecular formula is C15H22FNO. The SMILES string of the molecule is Cc1cc(C)c(C2(O)CCN(C)C(C)C2)c(F)c1. The molecule has 18 heavy (non-hydrogen) atoms. The Morgan fingerprint density at radius 3 is 2.61 bits per heavy atom. The van der Waals surface area contributed by atoms with Gasteiger partial charge in [-0.25, -0.2) is 4.39 Å². The zero-order chi connectivity index (χ0) is 13.5. The average Bonchev–Trinajstić information content (AvgIpc) is 2.22. The van der Waals surface area contributed by atoms with Crippen LogP contribution in [-0.4, -0.2) is 29.6 Å². The summed E-state index contributed by atoms with van der Waals surface area (Å²) in [4.78, 5) is 2.20. The number of nitrogens with zero attached hydrogens (tertiary/aromatic N) is 1. The molecule has 1 aromatic carbocycles. The summed E-state index contributed by atoms with van der Waals surface area (Å²) in [6.45, 7) is 6.63. The molecule has 2 nitrogen and oxygen atoms in total. The van der Waals surface area contributed by atoms with Crippen LogP contribution >= 0.6 is 0 Å². The first-order valence-electron chi connectivity index (χ1n) is 6.53. The molecule has 2 unspecified atom stereocenters. The van der Waals surface area contributed by atoms with Crippen LogP contribution in [0.4, 0.5) is 4.39 Å². The van der Waals surface area contributed by atoms with Gasteiger partial charge in [0.2, 0.25) is 0 Å². The van der Waals surface area contributed by atoms with Gasteiger partial charge in [-0.1, -0.05) is 6.07 Å². The quantitative estimate of drug-likeness (QED) is 0.829. The Hall–Kier alpha value is -0.930. The topological polar surface area (TPSA) is 23.5 Å². The Bertz CT molecular complexity index is 437. The summed E-state index contributed by atoms with van der Waals surface area (Å²) in [5, 5.41) is 10.8. The Morgan fingerprint density at radius 2 is 2.06 bits per heavy atom. The standard InChI is InChI=1S/C15H22FNO/c1-10-7-11(2)14(13(16)8-10)15(18)5-6-17(4)12(3)9-15/h7-8,12,18H,5-6,9H2,1-4H3. The van der Waals surface area contributed by atoms with E-state index in [-0.39, 0.29) is 11.9 Å². The smallest absolute Gasteiger partial charge is 0.129 e. The first-order valence-corrected chi connectivity index (χ1v) is 6.53. The highest BCUT2D eigenvalue weighted by atomic mass is 19.1. The van der Waals surface area contributed by atoms with Crippen LogP contribution in [0.5, 0.6) is 0 Å². The molecule has 0 aliphatic carbocycles. The van der Waals surface area contributed by atoms with Crippen molar-refractivity contribution in [2.24, 2.45) is 0 Å². The van der Waals surface area contributed by atoms with Gasteiger partial charge in [0.1, 0.15) is 5.82 Å². The van der Waals surface area contributed by atoms with Gasteiger partial charge < -0.3 is 10.0 Å². The Labute approximate surface area is 108 Å². The maximum absolute atomic E-state index is 14.2. The number of likely N-dealkylation sites (tertiary alicyclic amines) is 1. The summed E-state index contributed by atoms with van der Waals surface area (Å²) in [5.74, 6) is -0.272. The highest BCUT2D eigenvalue weighted by Gasteiger charge is 2.39. The second-order valence-electron chi connectivity index (χ2n) is 5.75. The molecule has 1 aliphatic rings. The van der Waals surface area contributed by atoms with Gasteiger partial charge in [-0.05, 0) is 57.9 Å². The monoisotopic (exact) mass is 251 g/mol. The fourth-order valence-electron chi connectivity index (χ4n) is 3.06. The molecule has 1 aromatic rings. The molecule has 2 atom stereocenters. The summed E-state index contributed by atoms with van der Waals surface area (Å²) in [5.41, 5.74) is 1.23. The van der Waals surface area contributed by atoms with Crippen molar-refractivity contribution in [3.05, 3.63) is 34.6 Å². The van der Waals surface area contributed by atoms with Gasteiger partial charge in [-0.2, -0.15) is 0 Å². The molecule has 1 N–H and O–H groups in total. The lowest BCUT2D eigenvalue weighted by molar-refractivity contribution is -0.0436. The first-order chi connectivity index (χ1) is 8.33. The third-order valence-corrected chi connectivity index (χ3v) is 4.16. The first kappa shape index (κ1) is 13.5. The number of hydrogen-bond acceptors (Lipinski definition) is 2. The predicted molar refractivity (Wildman–Crippen MR) is 71.1 cm³/mol. The number of rotatable bonds is 1. The van der Waals surface area contributed by atoms with Crippen LogP contribution in [0.2, 0.25) is 0 Å². The number of benzene rings is 1. The molecule has 1 saturated heterocycles. The van der Waals surface area contributed by atoms with E-state index < -0.39 is 5.60 Å². The lowest BCUT2D eigenvalue weighted by Gasteiger charge is -2.42. The molecule has 0 amide bonds. The number of aliphatic hydroxyl groups is 1. The minimum absolute atomic E-state index is 0.267. The fraction of sp³-hybridized carbons (Fsp3) is 0.600. The lowest BCUT2D eigenvalue weighted by Crippen LogP contribution is -2.46. The van der Waals surface area contributed by atoms with E-state index in [9.17, 15) is 9.50 Å². The Kier molecular flexibility index (Phi) is 3.47. The number of halogens is 1. The second kappa shape index (κ2) is 4.63. The van der Waals surface area contributed by atoms with Crippen LogP contribution in [0.15, 0.2) is 12.1 Å². The van der Waals surface area contributed by atoms with E-state index in [2.05, 4.69) is 11.8 Å². The van der Waals surface area contributed by atoms with Crippen molar-refractivity contribution in [1.29, 1.82) is 0 Å². The maximum atomic E-state index is 14.2. The molecule has 100 valence electrons. The minimum Gasteiger partial charge on any atom is -0.385 e. The molecule has 0 radical (unpaired) electrons. The molecule has 0 bridgehead atoms. The van der Waals surface area contributed by atoms with E-state index in [1.807, 2.05) is 27.0 Å². The van der Waals surface area contributed by atoms with E-state index in [1.165, 1.54) is 6.07 Å². The van der Waals surface area contributed by atoms with Gasteiger partial charge >= 0.3 is 0 Å². The van der Waals surface area contributed by atoms with Gasteiger partial charge in [0.15, 0.2) is 0 Å². The van der Waals surface area contributed by atoms with E-state index in [4.69, 9.17) is 0 Å². The third-order valence-electron chi connectivity index (χ3n) is 4.16. The Balaban J connectivity index is 2.42. The van der Waals surface area contributed by atoms with Crippen LogP contribution < -0.4 is 0 Å². The fourth-order valence-corrected chi connectivity index (χ4v) is 3.06. The van der Waals surface area contributed by atoms with Crippen LogP contribution in [0.1, 0.15) is 36.5 Å². The molecule has 1 fully saturated rings. The summed E-state index contributed by atoms with van der Waals surface area (Å²) in [6.07, 6.45) is 1.18. The number of piperidine rings is 1. The number of aryl methyl sites for hydroxylation is 2. The van der Waals surface area contributed by atoms with Gasteiger partial charge in [-0.15, -0.1) is 0 Å². The van der Waals surface area contributed by atoms with Crippen molar-refractivity contribution in [2.45, 2.75) is 45.3 Å². The van der Waals surface area contributed by atoms with Crippen LogP contribution in [-0.2, 0) is 5.60 Å². The van der Waals surface area contributed by atoms with Gasteiger partial charge in [0, 0.05) is 18.2 Å². The van der Waals surface area contributed by atoms with E-state index >= 15 is 0 Å². The highest BCUT2D eigenvalue weighted by Crippen LogP contribution is 2.38. The van der Waals surface area contributed by atoms with Crippen molar-refractivity contribution in [3.8, 4) is 0 Å². The molecule has 2 rings (SSSR count). The molecular weight excluding hydrogens is 229 g/mol. The minimum atomic E-state index is -1.02. The maximum Gasteiger partial charge on any atom is 0.129 e. The summed E-state index contributed by atoms with van der Waals surface area (Å²) in [6, 6.07) is 3.73. The lowest BCUT2D eigenvalue weighted by atomic mass is 9.79. The van der Waals surface area contributed by atoms with E-state index in [0.717, 1.165) is 17.7 Å². The zero-order valence-corrected chi connectivity index (χ0v) is 11.6. The molecule has 0 saturated carbocycles. The predicted octanol–water partition coefficient (Wildman–Crippen LogP) is 2.74. The normalized spacial score (nSPS) is 29.6. The summed E-state index contributed by atoms with van der Waals surface area (Å²) in [7, 11) is 2.04. The molecule has 0 aromatic heterocycles. The van der Waals surface area contributed by atoms with Gasteiger partial charge in [0.25, 0.3) is 0 Å². The van der Waals surface area contributed by atoms with Gasteiger partial charge in [-0.3, -0.25) is 0 Å². The summed E-state index contributed by atoms with van der Waals surface area (Å²) >= 11 is 0. The zero-order valence-electron chi connectivity index (χ0n) is 11.6. The molecule has 3 heteroatoms. The van der Waals surface area contributed by atoms with E-state index in [1.54, 1.807) is 0 Å². The second-order valence-corrected chi connectivity index (χ2v) is 5.75. The van der Waals surface area contributed by atoms with Crippen LogP contribution in [0, 0.1) is 19.7 Å². The summed E-state index contributed by atoms with van der Waals surface area (Å²) < 4.78 is 14.2. The number of hydrogen-bond donors (Lipinski definition) is 1. The van der Waals surface area contributed by atoms with Crippen LogP contribution in [0.25, 0.3) is 0 Å². The van der Waals surface area contributed by atoms with Crippen molar-refractivity contribution >= 4 is 0 Å². The van der Waals surface area contributed by atoms with Crippen molar-refractivity contribution < 1.29 is 9.50 Å². The third kappa shape index (κ3) is 2.29. The molecule has 1 aliphatic heterocycles. The largest absolute Gasteiger partial charge is 0.385 e.